The first kappa shape index (κ1) is 19.9. The number of likely N-dealkylation sites (N-methyl/N-ethyl adjacent to an activating group) is 1. The van der Waals surface area contributed by atoms with Gasteiger partial charge in [-0.05, 0) is 12.3 Å². The molecule has 1 fully saturated rings. The standard InChI is InChI=1S/C13H23N3O4.ClH/c1-5-10-6-11(13(18)19)15(7-10)12(14-9(2)17)8-16(3,4)20;/h5,10-12H,1,6-8H2,2-4H3,(H,14,17)(H,18,19);1H/t10-,11+,12?;/m1./s1. The number of nitrogens with one attached hydrogen (secondary N) is 1. The Morgan fingerprint density at radius 3 is 2.52 bits per heavy atom. The predicted molar refractivity (Wildman–Crippen MR) is 81.6 cm³/mol. The van der Waals surface area contributed by atoms with Crippen molar-refractivity contribution in [2.75, 3.05) is 27.2 Å². The van der Waals surface area contributed by atoms with Gasteiger partial charge in [-0.25, -0.2) is 0 Å². The normalized spacial score (nSPS) is 24.0. The lowest BCUT2D eigenvalue weighted by atomic mass is 10.1. The number of rotatable bonds is 6. The Morgan fingerprint density at radius 1 is 1.57 bits per heavy atom. The first-order valence-corrected chi connectivity index (χ1v) is 6.56. The Morgan fingerprint density at radius 2 is 2.14 bits per heavy atom. The Bertz CT molecular complexity index is 397. The fourth-order valence-corrected chi connectivity index (χ4v) is 2.54. The number of hydrogen-bond acceptors (Lipinski definition) is 4. The summed E-state index contributed by atoms with van der Waals surface area (Å²) in [5.74, 6) is -1.18. The van der Waals surface area contributed by atoms with Crippen molar-refractivity contribution in [2.24, 2.45) is 5.92 Å². The molecule has 21 heavy (non-hydrogen) atoms. The number of amides is 1. The lowest BCUT2D eigenvalue weighted by Gasteiger charge is -2.41. The van der Waals surface area contributed by atoms with Gasteiger partial charge in [0.15, 0.2) is 0 Å². The summed E-state index contributed by atoms with van der Waals surface area (Å²) in [6, 6.07) is -0.707. The number of likely N-dealkylation sites (tertiary alicyclic amines) is 1. The monoisotopic (exact) mass is 321 g/mol. The quantitative estimate of drug-likeness (QED) is 0.420. The zero-order chi connectivity index (χ0) is 15.5. The molecule has 2 N–H and O–H groups in total. The van der Waals surface area contributed by atoms with E-state index in [4.69, 9.17) is 0 Å². The fourth-order valence-electron chi connectivity index (χ4n) is 2.54. The molecule has 7 nitrogen and oxygen atoms in total. The van der Waals surface area contributed by atoms with Crippen molar-refractivity contribution in [3.8, 4) is 0 Å². The van der Waals surface area contributed by atoms with E-state index >= 15 is 0 Å². The number of carboxylic acid groups (broad SMARTS) is 1. The third-order valence-electron chi connectivity index (χ3n) is 3.37. The average Bonchev–Trinajstić information content (AvgIpc) is 2.69. The van der Waals surface area contributed by atoms with Crippen molar-refractivity contribution in [3.63, 3.8) is 0 Å². The first-order chi connectivity index (χ1) is 9.14. The molecule has 8 heteroatoms. The lowest BCUT2D eigenvalue weighted by Crippen LogP contribution is -2.58. The van der Waals surface area contributed by atoms with Crippen molar-refractivity contribution in [1.29, 1.82) is 0 Å². The summed E-state index contributed by atoms with van der Waals surface area (Å²) in [5, 5.41) is 23.9. The summed E-state index contributed by atoms with van der Waals surface area (Å²) in [4.78, 5) is 24.3. The number of carboxylic acids is 1. The molecule has 0 radical (unpaired) electrons. The van der Waals surface area contributed by atoms with Crippen LogP contribution in [0, 0.1) is 11.1 Å². The van der Waals surface area contributed by atoms with Gasteiger partial charge in [-0.3, -0.25) is 14.5 Å². The van der Waals surface area contributed by atoms with Gasteiger partial charge in [0.1, 0.15) is 18.8 Å². The largest absolute Gasteiger partial charge is 0.633 e. The van der Waals surface area contributed by atoms with E-state index in [1.807, 2.05) is 0 Å². The fraction of sp³-hybridized carbons (Fsp3) is 0.692. The molecule has 1 saturated heterocycles. The maximum absolute atomic E-state index is 11.9. The van der Waals surface area contributed by atoms with Gasteiger partial charge in [0, 0.05) is 13.5 Å². The topological polar surface area (TPSA) is 92.7 Å². The van der Waals surface area contributed by atoms with Gasteiger partial charge in [0.05, 0.1) is 14.1 Å². The number of carbonyl (C=O) groups excluding carboxylic acids is 1. The van der Waals surface area contributed by atoms with Crippen LogP contribution in [0.5, 0.6) is 0 Å². The number of halogens is 1. The van der Waals surface area contributed by atoms with Gasteiger partial charge in [-0.2, -0.15) is 0 Å². The Balaban J connectivity index is 0.00000400. The summed E-state index contributed by atoms with van der Waals surface area (Å²) in [6.07, 6.45) is 1.57. The molecule has 1 unspecified atom stereocenters. The molecular formula is C13H24ClN3O4. The van der Waals surface area contributed by atoms with E-state index in [0.29, 0.717) is 13.0 Å². The number of aliphatic carboxylic acids is 1. The SMILES string of the molecule is C=C[C@@H]1C[C@@H](C(=O)O)N(C(C[N+](C)(C)[O-])NC(C)=O)C1.Cl. The summed E-state index contributed by atoms with van der Waals surface area (Å²) in [6.45, 7) is 5.62. The summed E-state index contributed by atoms with van der Waals surface area (Å²) in [7, 11) is 2.93. The van der Waals surface area contributed by atoms with Gasteiger partial charge in [-0.15, -0.1) is 19.0 Å². The van der Waals surface area contributed by atoms with E-state index in [1.165, 1.54) is 21.0 Å². The van der Waals surface area contributed by atoms with Gasteiger partial charge in [0.25, 0.3) is 0 Å². The van der Waals surface area contributed by atoms with Crippen molar-refractivity contribution < 1.29 is 19.3 Å². The molecule has 0 aromatic rings. The zero-order valence-electron chi connectivity index (χ0n) is 12.6. The molecule has 0 aromatic heterocycles. The highest BCUT2D eigenvalue weighted by atomic mass is 35.5. The minimum absolute atomic E-state index is 0. The van der Waals surface area contributed by atoms with E-state index in [0.717, 1.165) is 0 Å². The molecule has 1 rings (SSSR count). The van der Waals surface area contributed by atoms with Crippen molar-refractivity contribution >= 4 is 24.3 Å². The van der Waals surface area contributed by atoms with Crippen LogP contribution in [0.15, 0.2) is 12.7 Å². The van der Waals surface area contributed by atoms with Crippen LogP contribution in [0.2, 0.25) is 0 Å². The molecule has 0 aromatic carbocycles. The zero-order valence-corrected chi connectivity index (χ0v) is 13.4. The second-order valence-electron chi connectivity index (χ2n) is 5.76. The number of nitrogens with zero attached hydrogens (tertiary/aromatic N) is 2. The van der Waals surface area contributed by atoms with Crippen LogP contribution in [0.4, 0.5) is 0 Å². The van der Waals surface area contributed by atoms with E-state index in [-0.39, 0.29) is 30.8 Å². The van der Waals surface area contributed by atoms with Crippen LogP contribution in [0.25, 0.3) is 0 Å². The summed E-state index contributed by atoms with van der Waals surface area (Å²) in [5.41, 5.74) is 0. The molecule has 1 aliphatic heterocycles. The Kier molecular flexibility index (Phi) is 7.32. The van der Waals surface area contributed by atoms with E-state index in [9.17, 15) is 19.9 Å². The molecule has 1 heterocycles. The molecule has 1 aliphatic rings. The number of quaternary nitrogens is 1. The van der Waals surface area contributed by atoms with Crippen LogP contribution in [-0.2, 0) is 9.59 Å². The number of hydrogen-bond donors (Lipinski definition) is 2. The van der Waals surface area contributed by atoms with Gasteiger partial charge < -0.3 is 20.3 Å². The minimum Gasteiger partial charge on any atom is -0.633 e. The van der Waals surface area contributed by atoms with Crippen molar-refractivity contribution in [2.45, 2.75) is 25.6 Å². The molecular weight excluding hydrogens is 298 g/mol. The highest BCUT2D eigenvalue weighted by molar-refractivity contribution is 5.85. The molecule has 0 spiro atoms. The Labute approximate surface area is 131 Å². The average molecular weight is 322 g/mol. The van der Waals surface area contributed by atoms with Gasteiger partial charge >= 0.3 is 5.97 Å². The first-order valence-electron chi connectivity index (χ1n) is 6.56. The van der Waals surface area contributed by atoms with Crippen molar-refractivity contribution in [3.05, 3.63) is 17.9 Å². The second kappa shape index (κ2) is 7.74. The Hall–Kier alpha value is -1.15. The van der Waals surface area contributed by atoms with Crippen molar-refractivity contribution in [1.82, 2.24) is 10.2 Å². The highest BCUT2D eigenvalue weighted by Crippen LogP contribution is 2.26. The molecule has 3 atom stereocenters. The lowest BCUT2D eigenvalue weighted by molar-refractivity contribution is -0.842. The molecule has 0 aliphatic carbocycles. The van der Waals surface area contributed by atoms with Crippen LogP contribution < -0.4 is 5.32 Å². The number of hydroxylamine groups is 3. The maximum atomic E-state index is 11.9. The van der Waals surface area contributed by atoms with Gasteiger partial charge in [0.2, 0.25) is 5.91 Å². The summed E-state index contributed by atoms with van der Waals surface area (Å²) < 4.78 is -0.605. The van der Waals surface area contributed by atoms with E-state index in [2.05, 4.69) is 11.9 Å². The van der Waals surface area contributed by atoms with Crippen LogP contribution >= 0.6 is 12.4 Å². The van der Waals surface area contributed by atoms with E-state index < -0.39 is 22.8 Å². The third-order valence-corrected chi connectivity index (χ3v) is 3.37. The molecule has 0 saturated carbocycles. The van der Waals surface area contributed by atoms with Crippen LogP contribution in [0.3, 0.4) is 0 Å². The summed E-state index contributed by atoms with van der Waals surface area (Å²) >= 11 is 0. The van der Waals surface area contributed by atoms with Crippen LogP contribution in [0.1, 0.15) is 13.3 Å². The second-order valence-corrected chi connectivity index (χ2v) is 5.76. The smallest absolute Gasteiger partial charge is 0.321 e. The predicted octanol–water partition coefficient (Wildman–Crippen LogP) is 0.406. The van der Waals surface area contributed by atoms with Crippen LogP contribution in [-0.4, -0.2) is 65.9 Å². The molecule has 1 amide bonds. The van der Waals surface area contributed by atoms with E-state index in [1.54, 1.807) is 11.0 Å². The maximum Gasteiger partial charge on any atom is 0.321 e. The molecule has 0 bridgehead atoms. The van der Waals surface area contributed by atoms with Gasteiger partial charge in [-0.1, -0.05) is 6.08 Å². The highest BCUT2D eigenvalue weighted by Gasteiger charge is 2.41. The number of carbonyl (C=O) groups is 2. The molecule has 122 valence electrons. The third kappa shape index (κ3) is 6.01. The minimum atomic E-state index is -0.944.